The SMILES string of the molecule is O=C(O)Cc1ncnc2ccc(O)cc12. The van der Waals surface area contributed by atoms with E-state index in [1.165, 1.54) is 18.5 Å². The van der Waals surface area contributed by atoms with Crippen LogP contribution in [0.4, 0.5) is 0 Å². The number of hydrogen-bond acceptors (Lipinski definition) is 4. The molecule has 0 unspecified atom stereocenters. The first-order valence-corrected chi connectivity index (χ1v) is 4.31. The van der Waals surface area contributed by atoms with E-state index in [0.29, 0.717) is 16.6 Å². The Morgan fingerprint density at radius 1 is 1.33 bits per heavy atom. The molecule has 0 fully saturated rings. The van der Waals surface area contributed by atoms with Crippen molar-refractivity contribution in [1.29, 1.82) is 0 Å². The molecule has 1 aromatic carbocycles. The number of carboxylic acids is 1. The summed E-state index contributed by atoms with van der Waals surface area (Å²) < 4.78 is 0. The van der Waals surface area contributed by atoms with Gasteiger partial charge in [0.2, 0.25) is 0 Å². The number of aromatic hydroxyl groups is 1. The summed E-state index contributed by atoms with van der Waals surface area (Å²) in [5, 5.41) is 18.5. The lowest BCUT2D eigenvalue weighted by molar-refractivity contribution is -0.136. The van der Waals surface area contributed by atoms with Gasteiger partial charge in [0, 0.05) is 5.39 Å². The van der Waals surface area contributed by atoms with Crippen LogP contribution in [0.1, 0.15) is 5.69 Å². The van der Waals surface area contributed by atoms with E-state index < -0.39 is 5.97 Å². The van der Waals surface area contributed by atoms with Crippen LogP contribution < -0.4 is 0 Å². The number of phenols is 1. The van der Waals surface area contributed by atoms with Crippen LogP contribution >= 0.6 is 0 Å². The van der Waals surface area contributed by atoms with E-state index in [1.807, 2.05) is 0 Å². The normalized spacial score (nSPS) is 10.4. The molecule has 0 radical (unpaired) electrons. The number of carbonyl (C=O) groups is 1. The highest BCUT2D eigenvalue weighted by molar-refractivity contribution is 5.85. The maximum atomic E-state index is 10.6. The number of benzene rings is 1. The quantitative estimate of drug-likeness (QED) is 0.761. The molecule has 1 heterocycles. The highest BCUT2D eigenvalue weighted by Crippen LogP contribution is 2.20. The molecule has 0 aliphatic carbocycles. The van der Waals surface area contributed by atoms with Gasteiger partial charge >= 0.3 is 5.97 Å². The van der Waals surface area contributed by atoms with Gasteiger partial charge in [-0.3, -0.25) is 4.79 Å². The molecule has 76 valence electrons. The van der Waals surface area contributed by atoms with Crippen molar-refractivity contribution in [3.8, 4) is 5.75 Å². The van der Waals surface area contributed by atoms with Crippen molar-refractivity contribution in [2.24, 2.45) is 0 Å². The topological polar surface area (TPSA) is 83.3 Å². The zero-order valence-electron chi connectivity index (χ0n) is 7.71. The zero-order valence-corrected chi connectivity index (χ0v) is 7.71. The van der Waals surface area contributed by atoms with Crippen LogP contribution in [0, 0.1) is 0 Å². The lowest BCUT2D eigenvalue weighted by Gasteiger charge is -2.02. The van der Waals surface area contributed by atoms with Gasteiger partial charge in [-0.1, -0.05) is 0 Å². The Bertz CT molecular complexity index is 525. The van der Waals surface area contributed by atoms with Crippen LogP contribution in [-0.4, -0.2) is 26.2 Å². The second-order valence-corrected chi connectivity index (χ2v) is 3.09. The zero-order chi connectivity index (χ0) is 10.8. The molecular formula is C10H8N2O3. The Kier molecular flexibility index (Phi) is 2.21. The number of hydrogen-bond donors (Lipinski definition) is 2. The number of fused-ring (bicyclic) bond motifs is 1. The van der Waals surface area contributed by atoms with Crippen molar-refractivity contribution < 1.29 is 15.0 Å². The molecule has 2 rings (SSSR count). The largest absolute Gasteiger partial charge is 0.508 e. The summed E-state index contributed by atoms with van der Waals surface area (Å²) in [5.41, 5.74) is 1.03. The van der Waals surface area contributed by atoms with Crippen molar-refractivity contribution in [3.05, 3.63) is 30.2 Å². The van der Waals surface area contributed by atoms with E-state index in [-0.39, 0.29) is 12.2 Å². The van der Waals surface area contributed by atoms with E-state index in [4.69, 9.17) is 5.11 Å². The van der Waals surface area contributed by atoms with Gasteiger partial charge in [0.05, 0.1) is 17.6 Å². The van der Waals surface area contributed by atoms with Gasteiger partial charge in [-0.2, -0.15) is 0 Å². The standard InChI is InChI=1S/C10H8N2O3/c13-6-1-2-8-7(3-6)9(4-10(14)15)12-5-11-8/h1-3,5,13H,4H2,(H,14,15). The third kappa shape index (κ3) is 1.85. The Hall–Kier alpha value is -2.17. The second-order valence-electron chi connectivity index (χ2n) is 3.09. The minimum absolute atomic E-state index is 0.0731. The second kappa shape index (κ2) is 3.53. The van der Waals surface area contributed by atoms with E-state index in [2.05, 4.69) is 9.97 Å². The Morgan fingerprint density at radius 2 is 2.13 bits per heavy atom. The molecule has 0 aliphatic rings. The number of nitrogens with zero attached hydrogens (tertiary/aromatic N) is 2. The van der Waals surface area contributed by atoms with Crippen LogP contribution in [0.5, 0.6) is 5.75 Å². The van der Waals surface area contributed by atoms with Gasteiger partial charge in [-0.15, -0.1) is 0 Å². The third-order valence-electron chi connectivity index (χ3n) is 2.02. The van der Waals surface area contributed by atoms with Gasteiger partial charge in [-0.05, 0) is 18.2 Å². The van der Waals surface area contributed by atoms with Gasteiger partial charge in [0.25, 0.3) is 0 Å². The first-order valence-electron chi connectivity index (χ1n) is 4.31. The molecule has 0 saturated carbocycles. The fraction of sp³-hybridized carbons (Fsp3) is 0.100. The number of phenolic OH excluding ortho intramolecular Hbond substituents is 1. The van der Waals surface area contributed by atoms with Crippen molar-refractivity contribution in [2.75, 3.05) is 0 Å². The first-order chi connectivity index (χ1) is 7.16. The molecule has 15 heavy (non-hydrogen) atoms. The molecule has 0 amide bonds. The maximum Gasteiger partial charge on any atom is 0.309 e. The molecule has 2 aromatic rings. The van der Waals surface area contributed by atoms with Gasteiger partial charge in [0.15, 0.2) is 0 Å². The van der Waals surface area contributed by atoms with E-state index in [9.17, 15) is 9.90 Å². The van der Waals surface area contributed by atoms with Gasteiger partial charge in [0.1, 0.15) is 12.1 Å². The summed E-state index contributed by atoms with van der Waals surface area (Å²) in [7, 11) is 0. The molecule has 0 aliphatic heterocycles. The third-order valence-corrected chi connectivity index (χ3v) is 2.02. The summed E-state index contributed by atoms with van der Waals surface area (Å²) >= 11 is 0. The average molecular weight is 204 g/mol. The minimum Gasteiger partial charge on any atom is -0.508 e. The van der Waals surface area contributed by atoms with E-state index >= 15 is 0 Å². The summed E-state index contributed by atoms with van der Waals surface area (Å²) in [5.74, 6) is -0.887. The fourth-order valence-electron chi connectivity index (χ4n) is 1.38. The summed E-state index contributed by atoms with van der Waals surface area (Å²) in [6.45, 7) is 0. The van der Waals surface area contributed by atoms with Gasteiger partial charge in [-0.25, -0.2) is 9.97 Å². The maximum absolute atomic E-state index is 10.6. The minimum atomic E-state index is -0.960. The molecular weight excluding hydrogens is 196 g/mol. The highest BCUT2D eigenvalue weighted by Gasteiger charge is 2.08. The molecule has 2 N–H and O–H groups in total. The molecule has 0 saturated heterocycles. The number of carboxylic acid groups (broad SMARTS) is 1. The van der Waals surface area contributed by atoms with E-state index in [1.54, 1.807) is 6.07 Å². The Labute approximate surface area is 85.0 Å². The van der Waals surface area contributed by atoms with Crippen molar-refractivity contribution in [1.82, 2.24) is 9.97 Å². The molecule has 5 heteroatoms. The Balaban J connectivity index is 2.63. The highest BCUT2D eigenvalue weighted by atomic mass is 16.4. The number of aliphatic carboxylic acids is 1. The molecule has 0 atom stereocenters. The summed E-state index contributed by atoms with van der Waals surface area (Å²) in [4.78, 5) is 18.4. The number of aromatic nitrogens is 2. The lowest BCUT2D eigenvalue weighted by Crippen LogP contribution is -2.03. The number of rotatable bonds is 2. The average Bonchev–Trinajstić information content (AvgIpc) is 2.18. The monoisotopic (exact) mass is 204 g/mol. The van der Waals surface area contributed by atoms with Crippen LogP contribution in [-0.2, 0) is 11.2 Å². The van der Waals surface area contributed by atoms with Crippen LogP contribution in [0.2, 0.25) is 0 Å². The fourth-order valence-corrected chi connectivity index (χ4v) is 1.38. The summed E-state index contributed by atoms with van der Waals surface area (Å²) in [6, 6.07) is 4.59. The predicted octanol–water partition coefficient (Wildman–Crippen LogP) is 0.962. The van der Waals surface area contributed by atoms with Crippen molar-refractivity contribution >= 4 is 16.9 Å². The predicted molar refractivity (Wildman–Crippen MR) is 52.5 cm³/mol. The van der Waals surface area contributed by atoms with Crippen molar-refractivity contribution in [3.63, 3.8) is 0 Å². The summed E-state index contributed by atoms with van der Waals surface area (Å²) in [6.07, 6.45) is 1.14. The Morgan fingerprint density at radius 3 is 2.87 bits per heavy atom. The molecule has 1 aromatic heterocycles. The molecule has 0 spiro atoms. The first kappa shape index (κ1) is 9.39. The van der Waals surface area contributed by atoms with Gasteiger partial charge < -0.3 is 10.2 Å². The molecule has 5 nitrogen and oxygen atoms in total. The molecule has 0 bridgehead atoms. The van der Waals surface area contributed by atoms with Crippen LogP contribution in [0.25, 0.3) is 10.9 Å². The van der Waals surface area contributed by atoms with E-state index in [0.717, 1.165) is 0 Å². The van der Waals surface area contributed by atoms with Crippen molar-refractivity contribution in [2.45, 2.75) is 6.42 Å². The van der Waals surface area contributed by atoms with Crippen LogP contribution in [0.3, 0.4) is 0 Å². The van der Waals surface area contributed by atoms with Crippen LogP contribution in [0.15, 0.2) is 24.5 Å². The lowest BCUT2D eigenvalue weighted by atomic mass is 10.1. The smallest absolute Gasteiger partial charge is 0.309 e.